The van der Waals surface area contributed by atoms with Crippen LogP contribution in [0.1, 0.15) is 0 Å². The fourth-order valence-corrected chi connectivity index (χ4v) is 3.31. The third-order valence-electron chi connectivity index (χ3n) is 4.39. The van der Waals surface area contributed by atoms with Crippen LogP contribution < -0.4 is 15.0 Å². The minimum absolute atomic E-state index is 0.210. The Morgan fingerprint density at radius 2 is 1.70 bits per heavy atom. The maximum atomic E-state index is 12.5. The fourth-order valence-electron chi connectivity index (χ4n) is 2.96. The maximum Gasteiger partial charge on any atom is 0.313 e. The lowest BCUT2D eigenvalue weighted by molar-refractivity contribution is -0.143. The van der Waals surface area contributed by atoms with Crippen molar-refractivity contribution in [3.05, 3.63) is 52.5 Å². The molecular formula is C19H19Cl2N3O3. The highest BCUT2D eigenvalue weighted by Gasteiger charge is 2.27. The normalized spacial score (nSPS) is 14.0. The number of carbonyl (C=O) groups excluding carboxylic acids is 2. The summed E-state index contributed by atoms with van der Waals surface area (Å²) in [7, 11) is 1.63. The Morgan fingerprint density at radius 3 is 2.41 bits per heavy atom. The predicted octanol–water partition coefficient (Wildman–Crippen LogP) is 3.29. The van der Waals surface area contributed by atoms with Gasteiger partial charge in [-0.25, -0.2) is 0 Å². The lowest BCUT2D eigenvalue weighted by Crippen LogP contribution is -2.51. The van der Waals surface area contributed by atoms with Gasteiger partial charge in [0.05, 0.1) is 28.5 Å². The van der Waals surface area contributed by atoms with Crippen LogP contribution in [0.15, 0.2) is 42.5 Å². The number of carbonyl (C=O) groups is 2. The Labute approximate surface area is 167 Å². The third kappa shape index (κ3) is 4.28. The molecule has 1 heterocycles. The van der Waals surface area contributed by atoms with Gasteiger partial charge in [0.15, 0.2) is 0 Å². The van der Waals surface area contributed by atoms with Crippen LogP contribution in [0.5, 0.6) is 5.75 Å². The van der Waals surface area contributed by atoms with Gasteiger partial charge in [-0.3, -0.25) is 9.59 Å². The van der Waals surface area contributed by atoms with Gasteiger partial charge in [-0.05, 0) is 24.3 Å². The lowest BCUT2D eigenvalue weighted by Gasteiger charge is -2.36. The Hall–Kier alpha value is -2.44. The first kappa shape index (κ1) is 19.3. The Kier molecular flexibility index (Phi) is 6.08. The molecule has 1 aliphatic heterocycles. The summed E-state index contributed by atoms with van der Waals surface area (Å²) in [6.07, 6.45) is 0. The fraction of sp³-hybridized carbons (Fsp3) is 0.263. The van der Waals surface area contributed by atoms with Crippen molar-refractivity contribution in [1.82, 2.24) is 4.90 Å². The molecule has 142 valence electrons. The molecule has 1 saturated heterocycles. The van der Waals surface area contributed by atoms with Gasteiger partial charge < -0.3 is 19.9 Å². The molecule has 2 aromatic carbocycles. The van der Waals surface area contributed by atoms with Gasteiger partial charge in [-0.1, -0.05) is 41.4 Å². The number of ether oxygens (including phenoxy) is 1. The monoisotopic (exact) mass is 407 g/mol. The van der Waals surface area contributed by atoms with Crippen LogP contribution in [0, 0.1) is 0 Å². The molecule has 8 heteroatoms. The number of hydrogen-bond acceptors (Lipinski definition) is 4. The van der Waals surface area contributed by atoms with Gasteiger partial charge in [-0.2, -0.15) is 0 Å². The van der Waals surface area contributed by atoms with E-state index in [4.69, 9.17) is 27.9 Å². The molecule has 1 fully saturated rings. The number of halogens is 2. The summed E-state index contributed by atoms with van der Waals surface area (Å²) in [5.41, 5.74) is 1.29. The lowest BCUT2D eigenvalue weighted by atomic mass is 10.2. The van der Waals surface area contributed by atoms with Crippen LogP contribution in [0.4, 0.5) is 11.4 Å². The second-order valence-corrected chi connectivity index (χ2v) is 6.79. The molecule has 1 aliphatic rings. The highest BCUT2D eigenvalue weighted by molar-refractivity contribution is 6.45. The van der Waals surface area contributed by atoms with E-state index >= 15 is 0 Å². The van der Waals surface area contributed by atoms with Crippen molar-refractivity contribution < 1.29 is 14.3 Å². The highest BCUT2D eigenvalue weighted by Crippen LogP contribution is 2.30. The van der Waals surface area contributed by atoms with Crippen molar-refractivity contribution in [3.8, 4) is 5.75 Å². The van der Waals surface area contributed by atoms with Crippen molar-refractivity contribution in [2.45, 2.75) is 0 Å². The maximum absolute atomic E-state index is 12.5. The molecule has 6 nitrogen and oxygen atoms in total. The minimum Gasteiger partial charge on any atom is -0.495 e. The summed E-state index contributed by atoms with van der Waals surface area (Å²) >= 11 is 12.0. The van der Waals surface area contributed by atoms with E-state index in [9.17, 15) is 9.59 Å². The van der Waals surface area contributed by atoms with Crippen molar-refractivity contribution >= 4 is 46.4 Å². The molecule has 0 radical (unpaired) electrons. The number of hydrogen-bond donors (Lipinski definition) is 1. The summed E-state index contributed by atoms with van der Waals surface area (Å²) in [5, 5.41) is 3.05. The van der Waals surface area contributed by atoms with Gasteiger partial charge in [0.1, 0.15) is 5.75 Å². The van der Waals surface area contributed by atoms with E-state index in [1.807, 2.05) is 24.3 Å². The van der Waals surface area contributed by atoms with Gasteiger partial charge >= 0.3 is 11.8 Å². The van der Waals surface area contributed by atoms with Crippen LogP contribution in [0.25, 0.3) is 0 Å². The quantitative estimate of drug-likeness (QED) is 0.792. The number of nitrogens with zero attached hydrogens (tertiary/aromatic N) is 2. The average Bonchev–Trinajstić information content (AvgIpc) is 2.71. The number of methoxy groups -OCH3 is 1. The summed E-state index contributed by atoms with van der Waals surface area (Å²) < 4.78 is 5.39. The van der Waals surface area contributed by atoms with Crippen LogP contribution >= 0.6 is 23.2 Å². The van der Waals surface area contributed by atoms with E-state index in [1.165, 1.54) is 4.90 Å². The first-order chi connectivity index (χ1) is 13.0. The van der Waals surface area contributed by atoms with Crippen molar-refractivity contribution in [2.75, 3.05) is 43.5 Å². The van der Waals surface area contributed by atoms with E-state index in [1.54, 1.807) is 25.3 Å². The first-order valence-corrected chi connectivity index (χ1v) is 9.19. The summed E-state index contributed by atoms with van der Waals surface area (Å²) in [6.45, 7) is 2.09. The zero-order chi connectivity index (χ0) is 19.4. The Balaban J connectivity index is 1.61. The Bertz CT molecular complexity index is 852. The van der Waals surface area contributed by atoms with E-state index in [0.717, 1.165) is 11.4 Å². The number of para-hydroxylation sites is 2. The molecule has 2 aromatic rings. The van der Waals surface area contributed by atoms with Crippen LogP contribution in [-0.2, 0) is 9.59 Å². The van der Waals surface area contributed by atoms with Gasteiger partial charge in [-0.15, -0.1) is 0 Å². The molecule has 1 N–H and O–H groups in total. The van der Waals surface area contributed by atoms with E-state index in [-0.39, 0.29) is 5.02 Å². The van der Waals surface area contributed by atoms with Crippen LogP contribution in [-0.4, -0.2) is 50.0 Å². The van der Waals surface area contributed by atoms with Gasteiger partial charge in [0.25, 0.3) is 0 Å². The summed E-state index contributed by atoms with van der Waals surface area (Å²) in [6, 6.07) is 12.6. The third-order valence-corrected chi connectivity index (χ3v) is 5.21. The second-order valence-electron chi connectivity index (χ2n) is 6.01. The molecule has 2 amide bonds. The van der Waals surface area contributed by atoms with Crippen molar-refractivity contribution in [2.24, 2.45) is 0 Å². The molecule has 27 heavy (non-hydrogen) atoms. The Morgan fingerprint density at radius 1 is 1.00 bits per heavy atom. The standard InChI is InChI=1S/C19H19Cl2N3O3/c1-27-16-8-3-2-7-15(16)23-9-11-24(12-10-23)19(26)18(25)22-14-6-4-5-13(20)17(14)21/h2-8H,9-12H2,1H3,(H,22,25). The van der Waals surface area contributed by atoms with E-state index in [0.29, 0.717) is 36.9 Å². The van der Waals surface area contributed by atoms with Gasteiger partial charge in [0.2, 0.25) is 0 Å². The number of rotatable bonds is 3. The van der Waals surface area contributed by atoms with Crippen LogP contribution in [0.3, 0.4) is 0 Å². The molecule has 0 aromatic heterocycles. The summed E-state index contributed by atoms with van der Waals surface area (Å²) in [5.74, 6) is -0.541. The molecule has 0 bridgehead atoms. The smallest absolute Gasteiger partial charge is 0.313 e. The zero-order valence-electron chi connectivity index (χ0n) is 14.7. The topological polar surface area (TPSA) is 61.9 Å². The van der Waals surface area contributed by atoms with E-state index < -0.39 is 11.8 Å². The molecule has 3 rings (SSSR count). The first-order valence-electron chi connectivity index (χ1n) is 8.43. The second kappa shape index (κ2) is 8.50. The molecule has 0 unspecified atom stereocenters. The molecular weight excluding hydrogens is 389 g/mol. The number of benzene rings is 2. The van der Waals surface area contributed by atoms with Gasteiger partial charge in [0, 0.05) is 26.2 Å². The highest BCUT2D eigenvalue weighted by atomic mass is 35.5. The zero-order valence-corrected chi connectivity index (χ0v) is 16.3. The molecule has 0 spiro atoms. The van der Waals surface area contributed by atoms with Crippen molar-refractivity contribution in [1.29, 1.82) is 0 Å². The number of anilines is 2. The van der Waals surface area contributed by atoms with E-state index in [2.05, 4.69) is 10.2 Å². The molecule has 0 saturated carbocycles. The minimum atomic E-state index is -0.732. The summed E-state index contributed by atoms with van der Waals surface area (Å²) in [4.78, 5) is 28.4. The molecule has 0 atom stereocenters. The van der Waals surface area contributed by atoms with Crippen LogP contribution in [0.2, 0.25) is 10.0 Å². The van der Waals surface area contributed by atoms with Crippen molar-refractivity contribution in [3.63, 3.8) is 0 Å². The average molecular weight is 408 g/mol. The largest absolute Gasteiger partial charge is 0.495 e. The SMILES string of the molecule is COc1ccccc1N1CCN(C(=O)C(=O)Nc2cccc(Cl)c2Cl)CC1. The molecule has 0 aliphatic carbocycles. The predicted molar refractivity (Wildman–Crippen MR) is 107 cm³/mol. The number of amides is 2. The number of nitrogens with one attached hydrogen (secondary N) is 1. The number of piperazine rings is 1.